The second-order valence-corrected chi connectivity index (χ2v) is 7.91. The Kier molecular flexibility index (Phi) is 7.29. The van der Waals surface area contributed by atoms with Gasteiger partial charge in [-0.15, -0.1) is 0 Å². The number of carbonyl (C=O) groups excluding carboxylic acids is 2. The van der Waals surface area contributed by atoms with E-state index in [0.29, 0.717) is 29.8 Å². The van der Waals surface area contributed by atoms with E-state index in [1.165, 1.54) is 12.7 Å². The number of aromatic nitrogens is 1. The van der Waals surface area contributed by atoms with Gasteiger partial charge in [-0.2, -0.15) is 0 Å². The molecule has 1 fully saturated rings. The van der Waals surface area contributed by atoms with E-state index in [0.717, 1.165) is 44.0 Å². The van der Waals surface area contributed by atoms with Crippen LogP contribution in [0.4, 0.5) is 0 Å². The zero-order valence-corrected chi connectivity index (χ0v) is 18.4. The molecule has 0 spiro atoms. The van der Waals surface area contributed by atoms with E-state index in [-0.39, 0.29) is 5.91 Å². The highest BCUT2D eigenvalue weighted by molar-refractivity contribution is 6.00. The average molecular weight is 413 g/mol. The predicted molar refractivity (Wildman–Crippen MR) is 117 cm³/mol. The van der Waals surface area contributed by atoms with Crippen molar-refractivity contribution < 1.29 is 14.3 Å². The third-order valence-corrected chi connectivity index (χ3v) is 5.74. The summed E-state index contributed by atoms with van der Waals surface area (Å²) in [5.41, 5.74) is 4.53. The maximum absolute atomic E-state index is 12.8. The molecule has 1 aromatic heterocycles. The topological polar surface area (TPSA) is 77.7 Å². The van der Waals surface area contributed by atoms with Crippen LogP contribution in [0.5, 0.6) is 0 Å². The Bertz CT molecular complexity index is 898. The first-order chi connectivity index (χ1) is 14.4. The standard InChI is InChI=1S/C23H32N4O3/c1-5-19-20(23(29)30-4)16(2)21(25-19)22(28)24-14-17-7-6-8-18(13-17)15-27-11-9-26(3)10-12-27/h6-8,13,25H,5,9-12,14-15H2,1-4H3,(H,24,28). The zero-order valence-electron chi connectivity index (χ0n) is 18.4. The number of ether oxygens (including phenoxy) is 1. The van der Waals surface area contributed by atoms with Gasteiger partial charge in [-0.1, -0.05) is 31.2 Å². The molecule has 0 radical (unpaired) electrons. The summed E-state index contributed by atoms with van der Waals surface area (Å²) in [5, 5.41) is 2.97. The molecule has 1 saturated heterocycles. The van der Waals surface area contributed by atoms with E-state index >= 15 is 0 Å². The molecule has 0 atom stereocenters. The summed E-state index contributed by atoms with van der Waals surface area (Å²) in [6, 6.07) is 8.34. The first kappa shape index (κ1) is 22.1. The van der Waals surface area contributed by atoms with Crippen molar-refractivity contribution in [2.45, 2.75) is 33.4 Å². The van der Waals surface area contributed by atoms with Crippen LogP contribution in [0.1, 0.15) is 50.2 Å². The number of likely N-dealkylation sites (N-methyl/N-ethyl adjacent to an activating group) is 1. The minimum Gasteiger partial charge on any atom is -0.465 e. The summed E-state index contributed by atoms with van der Waals surface area (Å²) in [7, 11) is 3.51. The van der Waals surface area contributed by atoms with Gasteiger partial charge in [0.15, 0.2) is 0 Å². The molecule has 2 N–H and O–H groups in total. The fourth-order valence-electron chi connectivity index (χ4n) is 3.90. The van der Waals surface area contributed by atoms with Gasteiger partial charge >= 0.3 is 5.97 Å². The third kappa shape index (κ3) is 5.09. The Morgan fingerprint density at radius 3 is 2.53 bits per heavy atom. The van der Waals surface area contributed by atoms with Gasteiger partial charge in [0, 0.05) is 45.0 Å². The van der Waals surface area contributed by atoms with Crippen molar-refractivity contribution in [2.75, 3.05) is 40.3 Å². The molecule has 1 aliphatic rings. The highest BCUT2D eigenvalue weighted by atomic mass is 16.5. The quantitative estimate of drug-likeness (QED) is 0.683. The second kappa shape index (κ2) is 9.91. The summed E-state index contributed by atoms with van der Waals surface area (Å²) >= 11 is 0. The molecule has 0 aliphatic carbocycles. The van der Waals surface area contributed by atoms with Crippen LogP contribution in [0.15, 0.2) is 24.3 Å². The van der Waals surface area contributed by atoms with E-state index in [2.05, 4.69) is 39.3 Å². The number of rotatable bonds is 7. The molecule has 7 nitrogen and oxygen atoms in total. The van der Waals surface area contributed by atoms with Gasteiger partial charge in [-0.05, 0) is 37.1 Å². The van der Waals surface area contributed by atoms with Crippen molar-refractivity contribution >= 4 is 11.9 Å². The van der Waals surface area contributed by atoms with Crippen molar-refractivity contribution in [2.24, 2.45) is 0 Å². The Hall–Kier alpha value is -2.64. The number of nitrogens with one attached hydrogen (secondary N) is 2. The number of nitrogens with zero attached hydrogens (tertiary/aromatic N) is 2. The molecule has 1 amide bonds. The molecule has 1 aromatic carbocycles. The van der Waals surface area contributed by atoms with Gasteiger partial charge in [0.25, 0.3) is 5.91 Å². The lowest BCUT2D eigenvalue weighted by atomic mass is 10.1. The SMILES string of the molecule is CCc1[nH]c(C(=O)NCc2cccc(CN3CCN(C)CC3)c2)c(C)c1C(=O)OC. The number of esters is 1. The number of methoxy groups -OCH3 is 1. The molecule has 7 heteroatoms. The molecule has 2 heterocycles. The van der Waals surface area contributed by atoms with Crippen molar-refractivity contribution in [3.8, 4) is 0 Å². The van der Waals surface area contributed by atoms with Crippen LogP contribution in [-0.4, -0.2) is 67.0 Å². The zero-order chi connectivity index (χ0) is 21.7. The summed E-state index contributed by atoms with van der Waals surface area (Å²) < 4.78 is 4.87. The Labute approximate surface area is 178 Å². The second-order valence-electron chi connectivity index (χ2n) is 7.91. The minimum absolute atomic E-state index is 0.221. The van der Waals surface area contributed by atoms with Crippen LogP contribution in [0.25, 0.3) is 0 Å². The van der Waals surface area contributed by atoms with Crippen molar-refractivity contribution in [3.63, 3.8) is 0 Å². The third-order valence-electron chi connectivity index (χ3n) is 5.74. The van der Waals surface area contributed by atoms with Gasteiger partial charge in [-0.25, -0.2) is 4.79 Å². The van der Waals surface area contributed by atoms with E-state index in [9.17, 15) is 9.59 Å². The van der Waals surface area contributed by atoms with Crippen molar-refractivity contribution in [3.05, 3.63) is 57.9 Å². The number of hydrogen-bond donors (Lipinski definition) is 2. The number of benzene rings is 1. The number of amides is 1. The fraction of sp³-hybridized carbons (Fsp3) is 0.478. The number of hydrogen-bond acceptors (Lipinski definition) is 5. The highest BCUT2D eigenvalue weighted by Crippen LogP contribution is 2.20. The molecule has 3 rings (SSSR count). The molecule has 0 bridgehead atoms. The van der Waals surface area contributed by atoms with Crippen LogP contribution in [-0.2, 0) is 24.2 Å². The Balaban J connectivity index is 1.64. The number of aromatic amines is 1. The summed E-state index contributed by atoms with van der Waals surface area (Å²) in [6.45, 7) is 9.41. The summed E-state index contributed by atoms with van der Waals surface area (Å²) in [6.07, 6.45) is 0.618. The van der Waals surface area contributed by atoms with E-state index in [1.54, 1.807) is 6.92 Å². The van der Waals surface area contributed by atoms with E-state index < -0.39 is 5.97 Å². The van der Waals surface area contributed by atoms with Crippen LogP contribution < -0.4 is 5.32 Å². The summed E-state index contributed by atoms with van der Waals surface area (Å²) in [5.74, 6) is -0.641. The highest BCUT2D eigenvalue weighted by Gasteiger charge is 2.23. The number of H-pyrrole nitrogens is 1. The lowest BCUT2D eigenvalue weighted by Crippen LogP contribution is -2.43. The van der Waals surface area contributed by atoms with Crippen molar-refractivity contribution in [1.82, 2.24) is 20.1 Å². The van der Waals surface area contributed by atoms with Crippen LogP contribution in [0, 0.1) is 6.92 Å². The Morgan fingerprint density at radius 2 is 1.87 bits per heavy atom. The summed E-state index contributed by atoms with van der Waals surface area (Å²) in [4.78, 5) is 32.7. The molecular formula is C23H32N4O3. The number of piperazine rings is 1. The molecule has 2 aromatic rings. The molecule has 30 heavy (non-hydrogen) atoms. The van der Waals surface area contributed by atoms with Gasteiger partial charge in [-0.3, -0.25) is 9.69 Å². The van der Waals surface area contributed by atoms with Crippen molar-refractivity contribution in [1.29, 1.82) is 0 Å². The van der Waals surface area contributed by atoms with Gasteiger partial charge in [0.05, 0.1) is 12.7 Å². The molecule has 0 unspecified atom stereocenters. The lowest BCUT2D eigenvalue weighted by molar-refractivity contribution is 0.0599. The maximum Gasteiger partial charge on any atom is 0.339 e. The molecule has 162 valence electrons. The number of aryl methyl sites for hydroxylation is 1. The smallest absolute Gasteiger partial charge is 0.339 e. The monoisotopic (exact) mass is 412 g/mol. The first-order valence-electron chi connectivity index (χ1n) is 10.5. The number of carbonyl (C=O) groups is 2. The fourth-order valence-corrected chi connectivity index (χ4v) is 3.90. The lowest BCUT2D eigenvalue weighted by Gasteiger charge is -2.32. The van der Waals surface area contributed by atoms with E-state index in [4.69, 9.17) is 4.74 Å². The largest absolute Gasteiger partial charge is 0.465 e. The van der Waals surface area contributed by atoms with Crippen LogP contribution >= 0.6 is 0 Å². The van der Waals surface area contributed by atoms with Gasteiger partial charge < -0.3 is 19.9 Å². The maximum atomic E-state index is 12.8. The van der Waals surface area contributed by atoms with Gasteiger partial charge in [0.1, 0.15) is 5.69 Å². The first-order valence-corrected chi connectivity index (χ1v) is 10.5. The minimum atomic E-state index is -0.420. The molecular weight excluding hydrogens is 380 g/mol. The average Bonchev–Trinajstić information content (AvgIpc) is 3.10. The predicted octanol–water partition coefficient (Wildman–Crippen LogP) is 2.35. The van der Waals surface area contributed by atoms with Crippen LogP contribution in [0.2, 0.25) is 0 Å². The van der Waals surface area contributed by atoms with Crippen LogP contribution in [0.3, 0.4) is 0 Å². The van der Waals surface area contributed by atoms with Gasteiger partial charge in [0.2, 0.25) is 0 Å². The van der Waals surface area contributed by atoms with E-state index in [1.807, 2.05) is 19.1 Å². The molecule has 0 saturated carbocycles. The Morgan fingerprint density at radius 1 is 1.17 bits per heavy atom. The molecule has 1 aliphatic heterocycles. The normalized spacial score (nSPS) is 15.2.